The first-order valence-corrected chi connectivity index (χ1v) is 20.0. The first-order valence-electron chi connectivity index (χ1n) is 16.1. The van der Waals surface area contributed by atoms with Gasteiger partial charge in [-0.1, -0.05) is 109 Å². The fourth-order valence-corrected chi connectivity index (χ4v) is 14.7. The van der Waals surface area contributed by atoms with E-state index in [1.54, 1.807) is 0 Å². The molecule has 46 heavy (non-hydrogen) atoms. The van der Waals surface area contributed by atoms with Crippen molar-refractivity contribution >= 4 is 46.4 Å². The van der Waals surface area contributed by atoms with Crippen LogP contribution in [0.2, 0.25) is 0 Å². The van der Waals surface area contributed by atoms with E-state index in [0.717, 1.165) is 12.3 Å². The van der Waals surface area contributed by atoms with Gasteiger partial charge in [0.25, 0.3) is 0 Å². The van der Waals surface area contributed by atoms with Gasteiger partial charge in [0, 0.05) is 0 Å². The Morgan fingerprint density at radius 1 is 0.261 bits per heavy atom. The lowest BCUT2D eigenvalue weighted by atomic mass is 10.4. The lowest BCUT2D eigenvalue weighted by molar-refractivity contribution is 0.0600. The smallest absolute Gasteiger partial charge is 0.114 e. The predicted octanol–water partition coefficient (Wildman–Crippen LogP) is 7.01. The van der Waals surface area contributed by atoms with E-state index in [9.17, 15) is 0 Å². The molecule has 0 saturated carbocycles. The van der Waals surface area contributed by atoms with Crippen molar-refractivity contribution in [3.63, 3.8) is 0 Å². The average molecular weight is 641 g/mol. The number of hydrogen-bond donors (Lipinski definition) is 0. The van der Waals surface area contributed by atoms with Crippen LogP contribution in [-0.4, -0.2) is 38.8 Å². The zero-order valence-corrected chi connectivity index (χ0v) is 28.1. The highest BCUT2D eigenvalue weighted by atomic mass is 31.2. The van der Waals surface area contributed by atoms with E-state index in [2.05, 4.69) is 182 Å². The van der Waals surface area contributed by atoms with Crippen LogP contribution < -0.4 is 31.8 Å². The largest absolute Gasteiger partial charge is 0.375 e. The number of rotatable bonds is 15. The van der Waals surface area contributed by atoms with Gasteiger partial charge in [-0.2, -0.15) is 0 Å². The van der Waals surface area contributed by atoms with Crippen LogP contribution >= 0.6 is 14.5 Å². The molecule has 230 valence electrons. The van der Waals surface area contributed by atoms with Gasteiger partial charge < -0.3 is 9.47 Å². The summed E-state index contributed by atoms with van der Waals surface area (Å²) in [6, 6.07) is 66.0. The molecular formula is C42H42O2P2+2. The van der Waals surface area contributed by atoms with E-state index in [0.29, 0.717) is 26.4 Å². The molecule has 2 nitrogen and oxygen atoms in total. The third kappa shape index (κ3) is 7.07. The van der Waals surface area contributed by atoms with Crippen molar-refractivity contribution in [2.45, 2.75) is 0 Å². The van der Waals surface area contributed by atoms with E-state index in [1.165, 1.54) is 31.8 Å². The van der Waals surface area contributed by atoms with E-state index in [-0.39, 0.29) is 0 Å². The number of benzene rings is 6. The van der Waals surface area contributed by atoms with Gasteiger partial charge in [0.2, 0.25) is 0 Å². The maximum atomic E-state index is 6.35. The SMILES string of the molecule is c1ccc([P+](CCOCCOCC[P+](c2ccccc2)(c2ccccc2)c2ccccc2)(c2ccccc2)c2ccccc2)cc1. The molecule has 0 aliphatic carbocycles. The molecule has 0 aliphatic rings. The van der Waals surface area contributed by atoms with Crippen LogP contribution in [0.4, 0.5) is 0 Å². The summed E-state index contributed by atoms with van der Waals surface area (Å²) >= 11 is 0. The van der Waals surface area contributed by atoms with Crippen LogP contribution in [0.5, 0.6) is 0 Å². The molecule has 0 bridgehead atoms. The van der Waals surface area contributed by atoms with Gasteiger partial charge in [0.05, 0.1) is 38.8 Å². The summed E-state index contributed by atoms with van der Waals surface area (Å²) in [7, 11) is -3.80. The van der Waals surface area contributed by atoms with E-state index in [1.807, 2.05) is 0 Å². The van der Waals surface area contributed by atoms with Crippen LogP contribution in [0.15, 0.2) is 182 Å². The molecule has 0 unspecified atom stereocenters. The Labute approximate surface area is 275 Å². The third-order valence-corrected chi connectivity index (χ3v) is 17.5. The molecule has 6 aromatic rings. The maximum Gasteiger partial charge on any atom is 0.114 e. The Hall–Kier alpha value is -3.90. The van der Waals surface area contributed by atoms with Crippen molar-refractivity contribution < 1.29 is 9.47 Å². The standard InChI is InChI=1S/C42H42O2P2/c1-7-19-37(20-8-1)45(38-21-9-2-10-22-38,39-23-11-3-12-24-39)35-33-43-31-32-44-34-36-46(40-25-13-4-14-26-40,41-27-15-5-16-28-41)42-29-17-6-18-30-42/h1-30H,31-36H2/q+2. The molecule has 0 fully saturated rings. The Morgan fingerprint density at radius 2 is 0.457 bits per heavy atom. The van der Waals surface area contributed by atoms with Gasteiger partial charge in [0.1, 0.15) is 46.4 Å². The average Bonchev–Trinajstić information content (AvgIpc) is 3.15. The van der Waals surface area contributed by atoms with E-state index in [4.69, 9.17) is 9.47 Å². The Balaban J connectivity index is 1.14. The summed E-state index contributed by atoms with van der Waals surface area (Å²) in [5.74, 6) is 0. The number of ether oxygens (including phenoxy) is 2. The van der Waals surface area contributed by atoms with Crippen LogP contribution in [-0.2, 0) is 9.47 Å². The zero-order valence-electron chi connectivity index (χ0n) is 26.3. The molecule has 4 heteroatoms. The molecule has 0 amide bonds. The second-order valence-corrected chi connectivity index (χ2v) is 18.5. The summed E-state index contributed by atoms with van der Waals surface area (Å²) in [5.41, 5.74) is 0. The minimum Gasteiger partial charge on any atom is -0.375 e. The topological polar surface area (TPSA) is 18.5 Å². The van der Waals surface area contributed by atoms with Crippen molar-refractivity contribution in [2.24, 2.45) is 0 Å². The highest BCUT2D eigenvalue weighted by Crippen LogP contribution is 2.56. The summed E-state index contributed by atoms with van der Waals surface area (Å²) < 4.78 is 12.7. The highest BCUT2D eigenvalue weighted by molar-refractivity contribution is 7.96. The maximum absolute atomic E-state index is 6.35. The van der Waals surface area contributed by atoms with Crippen molar-refractivity contribution in [3.8, 4) is 0 Å². The lowest BCUT2D eigenvalue weighted by Gasteiger charge is -2.28. The lowest BCUT2D eigenvalue weighted by Crippen LogP contribution is -2.35. The Bertz CT molecular complexity index is 1390. The third-order valence-electron chi connectivity index (χ3n) is 8.70. The van der Waals surface area contributed by atoms with E-state index >= 15 is 0 Å². The zero-order chi connectivity index (χ0) is 31.3. The highest BCUT2D eigenvalue weighted by Gasteiger charge is 2.46. The second kappa shape index (κ2) is 16.1. The van der Waals surface area contributed by atoms with Crippen LogP contribution in [0, 0.1) is 0 Å². The minimum absolute atomic E-state index is 0.575. The van der Waals surface area contributed by atoms with Crippen molar-refractivity contribution in [2.75, 3.05) is 38.8 Å². The van der Waals surface area contributed by atoms with Gasteiger partial charge in [-0.05, 0) is 72.8 Å². The van der Waals surface area contributed by atoms with Crippen molar-refractivity contribution in [1.29, 1.82) is 0 Å². The predicted molar refractivity (Wildman–Crippen MR) is 202 cm³/mol. The first kappa shape index (κ1) is 32.1. The molecular weight excluding hydrogens is 598 g/mol. The van der Waals surface area contributed by atoms with Crippen LogP contribution in [0.25, 0.3) is 0 Å². The molecule has 0 aromatic heterocycles. The van der Waals surface area contributed by atoms with Crippen LogP contribution in [0.1, 0.15) is 0 Å². The first-order chi connectivity index (χ1) is 22.8. The van der Waals surface area contributed by atoms with Gasteiger partial charge >= 0.3 is 0 Å². The molecule has 0 atom stereocenters. The molecule has 0 saturated heterocycles. The fourth-order valence-electron chi connectivity index (χ4n) is 6.49. The van der Waals surface area contributed by atoms with E-state index < -0.39 is 14.5 Å². The monoisotopic (exact) mass is 640 g/mol. The van der Waals surface area contributed by atoms with Gasteiger partial charge in [-0.15, -0.1) is 0 Å². The summed E-state index contributed by atoms with van der Waals surface area (Å²) in [6.45, 7) is 2.49. The normalized spacial score (nSPS) is 11.7. The van der Waals surface area contributed by atoms with Crippen molar-refractivity contribution in [1.82, 2.24) is 0 Å². The second-order valence-electron chi connectivity index (χ2n) is 11.3. The van der Waals surface area contributed by atoms with Gasteiger partial charge in [-0.3, -0.25) is 0 Å². The quantitative estimate of drug-likeness (QED) is 0.0889. The molecule has 0 heterocycles. The van der Waals surface area contributed by atoms with Crippen LogP contribution in [0.3, 0.4) is 0 Å². The van der Waals surface area contributed by atoms with Gasteiger partial charge in [-0.25, -0.2) is 0 Å². The summed E-state index contributed by atoms with van der Waals surface area (Å²) in [4.78, 5) is 0. The molecule has 0 N–H and O–H groups in total. The van der Waals surface area contributed by atoms with Gasteiger partial charge in [0.15, 0.2) is 0 Å². The molecule has 0 radical (unpaired) electrons. The molecule has 6 aromatic carbocycles. The Kier molecular flexibility index (Phi) is 11.2. The number of hydrogen-bond acceptors (Lipinski definition) is 2. The summed E-state index contributed by atoms with van der Waals surface area (Å²) in [6.07, 6.45) is 1.88. The fraction of sp³-hybridized carbons (Fsp3) is 0.143. The Morgan fingerprint density at radius 3 is 0.652 bits per heavy atom. The molecule has 0 aliphatic heterocycles. The molecule has 6 rings (SSSR count). The van der Waals surface area contributed by atoms with Crippen molar-refractivity contribution in [3.05, 3.63) is 182 Å². The minimum atomic E-state index is -1.90. The summed E-state index contributed by atoms with van der Waals surface area (Å²) in [5, 5.41) is 8.31. The molecule has 0 spiro atoms.